The molecule has 0 saturated heterocycles. The number of nitrogens with zero attached hydrogens (tertiary/aromatic N) is 1. The van der Waals surface area contributed by atoms with E-state index in [4.69, 9.17) is 14.2 Å². The average molecular weight is 391 g/mol. The number of carbonyl (C=O) groups excluding carboxylic acids is 2. The molecule has 2 N–H and O–H groups in total. The lowest BCUT2D eigenvalue weighted by Gasteiger charge is -2.30. The van der Waals surface area contributed by atoms with Gasteiger partial charge in [0.05, 0.1) is 32.4 Å². The highest BCUT2D eigenvalue weighted by Crippen LogP contribution is 2.28. The number of amides is 2. The molecule has 0 fully saturated rings. The lowest BCUT2D eigenvalue weighted by atomic mass is 10.00. The SMILES string of the molecule is CCOC(=O)C1=C(CN(C)Cc2ccc(OC)c(OC)c2)NC(=O)NC1CC. The van der Waals surface area contributed by atoms with Crippen LogP contribution in [0.1, 0.15) is 25.8 Å². The molecule has 1 heterocycles. The molecule has 0 radical (unpaired) electrons. The van der Waals surface area contributed by atoms with E-state index in [1.807, 2.05) is 37.1 Å². The summed E-state index contributed by atoms with van der Waals surface area (Å²) in [7, 11) is 5.11. The van der Waals surface area contributed by atoms with Gasteiger partial charge in [0, 0.05) is 18.8 Å². The first-order valence-electron chi connectivity index (χ1n) is 9.30. The van der Waals surface area contributed by atoms with Gasteiger partial charge in [0.1, 0.15) is 0 Å². The highest BCUT2D eigenvalue weighted by atomic mass is 16.5. The molecule has 1 atom stereocenters. The zero-order valence-corrected chi connectivity index (χ0v) is 17.1. The summed E-state index contributed by atoms with van der Waals surface area (Å²) in [6, 6.07) is 5.04. The molecule has 154 valence electrons. The Hall–Kier alpha value is -2.74. The first-order chi connectivity index (χ1) is 13.4. The largest absolute Gasteiger partial charge is 0.493 e. The summed E-state index contributed by atoms with van der Waals surface area (Å²) in [5.41, 5.74) is 2.06. The van der Waals surface area contributed by atoms with Gasteiger partial charge in [0.25, 0.3) is 0 Å². The number of urea groups is 1. The number of carbonyl (C=O) groups is 2. The molecule has 1 aromatic carbocycles. The molecule has 2 rings (SSSR count). The average Bonchev–Trinajstić information content (AvgIpc) is 2.67. The van der Waals surface area contributed by atoms with Crippen LogP contribution in [0.3, 0.4) is 0 Å². The minimum atomic E-state index is -0.406. The van der Waals surface area contributed by atoms with Crippen molar-refractivity contribution < 1.29 is 23.8 Å². The smallest absolute Gasteiger partial charge is 0.337 e. The van der Waals surface area contributed by atoms with Crippen molar-refractivity contribution in [1.29, 1.82) is 0 Å². The van der Waals surface area contributed by atoms with Crippen molar-refractivity contribution in [2.24, 2.45) is 0 Å². The van der Waals surface area contributed by atoms with Gasteiger partial charge in [0.15, 0.2) is 11.5 Å². The van der Waals surface area contributed by atoms with E-state index in [0.29, 0.717) is 42.3 Å². The zero-order chi connectivity index (χ0) is 20.7. The molecule has 0 saturated carbocycles. The summed E-state index contributed by atoms with van der Waals surface area (Å²) in [4.78, 5) is 26.5. The maximum absolute atomic E-state index is 12.5. The number of likely N-dealkylation sites (N-methyl/N-ethyl adjacent to an activating group) is 1. The first-order valence-corrected chi connectivity index (χ1v) is 9.30. The van der Waals surface area contributed by atoms with E-state index in [1.165, 1.54) is 0 Å². The number of ether oxygens (including phenoxy) is 3. The molecule has 8 heteroatoms. The fourth-order valence-electron chi connectivity index (χ4n) is 3.20. The number of methoxy groups -OCH3 is 2. The molecule has 0 spiro atoms. The third kappa shape index (κ3) is 5.16. The Morgan fingerprint density at radius 3 is 2.46 bits per heavy atom. The summed E-state index contributed by atoms with van der Waals surface area (Å²) in [6.45, 7) is 4.95. The molecule has 1 aliphatic rings. The summed E-state index contributed by atoms with van der Waals surface area (Å²) < 4.78 is 15.8. The van der Waals surface area contributed by atoms with Crippen LogP contribution in [0.5, 0.6) is 11.5 Å². The fraction of sp³-hybridized carbons (Fsp3) is 0.500. The van der Waals surface area contributed by atoms with Crippen molar-refractivity contribution in [2.75, 3.05) is 34.4 Å². The van der Waals surface area contributed by atoms with Crippen LogP contribution in [0, 0.1) is 0 Å². The number of hydrogen-bond donors (Lipinski definition) is 2. The predicted molar refractivity (Wildman–Crippen MR) is 105 cm³/mol. The van der Waals surface area contributed by atoms with E-state index < -0.39 is 5.97 Å². The summed E-state index contributed by atoms with van der Waals surface area (Å²) in [5, 5.41) is 5.55. The summed E-state index contributed by atoms with van der Waals surface area (Å²) in [6.07, 6.45) is 0.602. The maximum atomic E-state index is 12.5. The Morgan fingerprint density at radius 2 is 1.86 bits per heavy atom. The van der Waals surface area contributed by atoms with Gasteiger partial charge in [-0.15, -0.1) is 0 Å². The van der Waals surface area contributed by atoms with Gasteiger partial charge < -0.3 is 24.8 Å². The van der Waals surface area contributed by atoms with Gasteiger partial charge in [-0.05, 0) is 38.1 Å². The minimum Gasteiger partial charge on any atom is -0.493 e. The van der Waals surface area contributed by atoms with Crippen molar-refractivity contribution in [3.63, 3.8) is 0 Å². The lowest BCUT2D eigenvalue weighted by molar-refractivity contribution is -0.139. The third-order valence-corrected chi connectivity index (χ3v) is 4.48. The van der Waals surface area contributed by atoms with Gasteiger partial charge in [-0.2, -0.15) is 0 Å². The second-order valence-electron chi connectivity index (χ2n) is 6.53. The molecular weight excluding hydrogens is 362 g/mol. The van der Waals surface area contributed by atoms with Crippen LogP contribution in [-0.4, -0.2) is 57.4 Å². The number of hydrogen-bond acceptors (Lipinski definition) is 6. The molecule has 1 aliphatic heterocycles. The van der Waals surface area contributed by atoms with E-state index in [1.54, 1.807) is 21.1 Å². The Balaban J connectivity index is 2.22. The van der Waals surface area contributed by atoms with Crippen LogP contribution in [0.2, 0.25) is 0 Å². The number of benzene rings is 1. The monoisotopic (exact) mass is 391 g/mol. The van der Waals surface area contributed by atoms with Gasteiger partial charge >= 0.3 is 12.0 Å². The van der Waals surface area contributed by atoms with E-state index >= 15 is 0 Å². The molecule has 28 heavy (non-hydrogen) atoms. The second-order valence-corrected chi connectivity index (χ2v) is 6.53. The van der Waals surface area contributed by atoms with Crippen LogP contribution < -0.4 is 20.1 Å². The number of nitrogens with one attached hydrogen (secondary N) is 2. The Kier molecular flexibility index (Phi) is 7.69. The molecule has 0 bridgehead atoms. The maximum Gasteiger partial charge on any atom is 0.337 e. The lowest BCUT2D eigenvalue weighted by Crippen LogP contribution is -2.51. The molecule has 1 aromatic rings. The highest BCUT2D eigenvalue weighted by Gasteiger charge is 2.31. The Morgan fingerprint density at radius 1 is 1.14 bits per heavy atom. The van der Waals surface area contributed by atoms with Gasteiger partial charge in [-0.25, -0.2) is 9.59 Å². The standard InChI is InChI=1S/C20H29N3O5/c1-6-14-18(19(24)28-7-2)15(22-20(25)21-14)12-23(3)11-13-8-9-16(26-4)17(10-13)27-5/h8-10,14H,6-7,11-12H2,1-5H3,(H2,21,22,25). The van der Waals surface area contributed by atoms with E-state index in [9.17, 15) is 9.59 Å². The zero-order valence-electron chi connectivity index (χ0n) is 17.1. The van der Waals surface area contributed by atoms with Gasteiger partial charge in [-0.3, -0.25) is 4.90 Å². The molecule has 2 amide bonds. The van der Waals surface area contributed by atoms with E-state index in [-0.39, 0.29) is 18.7 Å². The molecule has 0 aromatic heterocycles. The third-order valence-electron chi connectivity index (χ3n) is 4.48. The summed E-state index contributed by atoms with van der Waals surface area (Å²) >= 11 is 0. The minimum absolute atomic E-state index is 0.279. The quantitative estimate of drug-likeness (QED) is 0.627. The fourth-order valence-corrected chi connectivity index (χ4v) is 3.20. The van der Waals surface area contributed by atoms with Crippen LogP contribution in [0.25, 0.3) is 0 Å². The second kappa shape index (κ2) is 9.98. The normalized spacial score (nSPS) is 16.5. The highest BCUT2D eigenvalue weighted by molar-refractivity contribution is 5.94. The molecule has 8 nitrogen and oxygen atoms in total. The van der Waals surface area contributed by atoms with Crippen LogP contribution in [0.15, 0.2) is 29.5 Å². The molecule has 0 aliphatic carbocycles. The van der Waals surface area contributed by atoms with Crippen LogP contribution in [0.4, 0.5) is 4.79 Å². The number of rotatable bonds is 9. The van der Waals surface area contributed by atoms with Crippen molar-refractivity contribution >= 4 is 12.0 Å². The predicted octanol–water partition coefficient (Wildman–Crippen LogP) is 2.04. The van der Waals surface area contributed by atoms with Crippen molar-refractivity contribution in [2.45, 2.75) is 32.9 Å². The van der Waals surface area contributed by atoms with Crippen LogP contribution in [-0.2, 0) is 16.1 Å². The van der Waals surface area contributed by atoms with E-state index in [2.05, 4.69) is 10.6 Å². The van der Waals surface area contributed by atoms with Gasteiger partial charge in [-0.1, -0.05) is 13.0 Å². The summed E-state index contributed by atoms with van der Waals surface area (Å²) in [5.74, 6) is 0.912. The van der Waals surface area contributed by atoms with Crippen LogP contribution >= 0.6 is 0 Å². The van der Waals surface area contributed by atoms with Gasteiger partial charge in [0.2, 0.25) is 0 Å². The van der Waals surface area contributed by atoms with Crippen molar-refractivity contribution in [3.8, 4) is 11.5 Å². The van der Waals surface area contributed by atoms with Crippen molar-refractivity contribution in [1.82, 2.24) is 15.5 Å². The topological polar surface area (TPSA) is 89.1 Å². The Bertz CT molecular complexity index is 747. The molecular formula is C20H29N3O5. The number of esters is 1. The Labute approximate surface area is 165 Å². The molecule has 1 unspecified atom stereocenters. The van der Waals surface area contributed by atoms with Crippen molar-refractivity contribution in [3.05, 3.63) is 35.0 Å². The first kappa shape index (κ1) is 21.6. The van der Waals surface area contributed by atoms with E-state index in [0.717, 1.165) is 5.56 Å².